The van der Waals surface area contributed by atoms with E-state index in [0.29, 0.717) is 5.92 Å². The number of hydrogen-bond acceptors (Lipinski definition) is 3. The molecule has 0 aliphatic rings. The summed E-state index contributed by atoms with van der Waals surface area (Å²) >= 11 is 0. The molecule has 20 heavy (non-hydrogen) atoms. The minimum absolute atomic E-state index is 0.345. The molecule has 1 aromatic heterocycles. The van der Waals surface area contributed by atoms with E-state index < -0.39 is 0 Å². The van der Waals surface area contributed by atoms with Crippen molar-refractivity contribution in [1.82, 2.24) is 15.4 Å². The molecule has 0 aliphatic heterocycles. The summed E-state index contributed by atoms with van der Waals surface area (Å²) in [5.74, 6) is 2.20. The Morgan fingerprint density at radius 3 is 2.65 bits per heavy atom. The third-order valence-corrected chi connectivity index (χ3v) is 3.57. The lowest BCUT2D eigenvalue weighted by atomic mass is 10.00. The number of aryl methyl sites for hydroxylation is 2. The second-order valence-corrected chi connectivity index (χ2v) is 5.34. The molecule has 0 saturated heterocycles. The number of guanidine groups is 1. The molecule has 1 heterocycles. The lowest BCUT2D eigenvalue weighted by Crippen LogP contribution is -2.40. The molecule has 0 saturated carbocycles. The maximum Gasteiger partial charge on any atom is 0.193 e. The molecule has 1 atom stereocenters. The average molecular weight is 280 g/mol. The third kappa shape index (κ3) is 4.25. The van der Waals surface area contributed by atoms with Crippen molar-refractivity contribution < 1.29 is 4.52 Å². The molecule has 0 aromatic carbocycles. The van der Waals surface area contributed by atoms with Gasteiger partial charge in [0, 0.05) is 38.7 Å². The van der Waals surface area contributed by atoms with Crippen LogP contribution in [0, 0.1) is 13.8 Å². The van der Waals surface area contributed by atoms with Gasteiger partial charge >= 0.3 is 0 Å². The monoisotopic (exact) mass is 280 g/mol. The predicted octanol–water partition coefficient (Wildman–Crippen LogP) is 2.70. The van der Waals surface area contributed by atoms with Gasteiger partial charge in [-0.3, -0.25) is 4.99 Å². The van der Waals surface area contributed by atoms with Crippen LogP contribution >= 0.6 is 0 Å². The zero-order valence-electron chi connectivity index (χ0n) is 13.7. The third-order valence-electron chi connectivity index (χ3n) is 3.57. The molecule has 1 unspecified atom stereocenters. The van der Waals surface area contributed by atoms with Crippen LogP contribution in [0.2, 0.25) is 0 Å². The standard InChI is InChI=1S/C15H28N4O/c1-7-8-9-19(6)15(16-5)17-10-11(2)14-12(3)18-20-13(14)4/h11H,7-10H2,1-6H3,(H,16,17). The van der Waals surface area contributed by atoms with Crippen LogP contribution in [0.25, 0.3) is 0 Å². The van der Waals surface area contributed by atoms with Gasteiger partial charge < -0.3 is 14.7 Å². The minimum atomic E-state index is 0.345. The topological polar surface area (TPSA) is 53.7 Å². The SMILES string of the molecule is CCCCN(C)C(=NC)NCC(C)c1c(C)noc1C. The highest BCUT2D eigenvalue weighted by atomic mass is 16.5. The van der Waals surface area contributed by atoms with Crippen LogP contribution in [0.4, 0.5) is 0 Å². The van der Waals surface area contributed by atoms with Gasteiger partial charge in [-0.2, -0.15) is 0 Å². The van der Waals surface area contributed by atoms with Crippen LogP contribution in [-0.2, 0) is 0 Å². The van der Waals surface area contributed by atoms with Crippen molar-refractivity contribution in [1.29, 1.82) is 0 Å². The van der Waals surface area contributed by atoms with Gasteiger partial charge in [0.15, 0.2) is 5.96 Å². The summed E-state index contributed by atoms with van der Waals surface area (Å²) in [6.45, 7) is 10.2. The first-order valence-corrected chi connectivity index (χ1v) is 7.35. The number of hydrogen-bond donors (Lipinski definition) is 1. The number of aliphatic imine (C=N–C) groups is 1. The van der Waals surface area contributed by atoms with Gasteiger partial charge in [0.2, 0.25) is 0 Å². The number of unbranched alkanes of at least 4 members (excludes halogenated alkanes) is 1. The van der Waals surface area contributed by atoms with Crippen molar-refractivity contribution in [3.63, 3.8) is 0 Å². The van der Waals surface area contributed by atoms with Gasteiger partial charge in [-0.15, -0.1) is 0 Å². The highest BCUT2D eigenvalue weighted by Crippen LogP contribution is 2.22. The van der Waals surface area contributed by atoms with Gasteiger partial charge in [-0.25, -0.2) is 0 Å². The number of nitrogens with one attached hydrogen (secondary N) is 1. The van der Waals surface area contributed by atoms with Crippen molar-refractivity contribution in [2.24, 2.45) is 4.99 Å². The maximum absolute atomic E-state index is 5.23. The predicted molar refractivity (Wildman–Crippen MR) is 83.3 cm³/mol. The van der Waals surface area contributed by atoms with Crippen molar-refractivity contribution in [3.8, 4) is 0 Å². The molecule has 5 heteroatoms. The second kappa shape index (κ2) is 7.92. The summed E-state index contributed by atoms with van der Waals surface area (Å²) in [6, 6.07) is 0. The van der Waals surface area contributed by atoms with Crippen LogP contribution in [0.1, 0.15) is 49.6 Å². The lowest BCUT2D eigenvalue weighted by molar-refractivity contribution is 0.391. The van der Waals surface area contributed by atoms with Gasteiger partial charge in [-0.1, -0.05) is 25.4 Å². The first-order valence-electron chi connectivity index (χ1n) is 7.35. The molecule has 1 aromatic rings. The zero-order valence-corrected chi connectivity index (χ0v) is 13.7. The fourth-order valence-corrected chi connectivity index (χ4v) is 2.43. The maximum atomic E-state index is 5.23. The fourth-order valence-electron chi connectivity index (χ4n) is 2.43. The Bertz CT molecular complexity index is 420. The summed E-state index contributed by atoms with van der Waals surface area (Å²) in [4.78, 5) is 6.50. The molecule has 0 spiro atoms. The number of nitrogens with zero attached hydrogens (tertiary/aromatic N) is 3. The van der Waals surface area contributed by atoms with E-state index >= 15 is 0 Å². The Balaban J connectivity index is 2.57. The Labute approximate surface area is 122 Å². The van der Waals surface area contributed by atoms with Crippen LogP contribution < -0.4 is 5.32 Å². The quantitative estimate of drug-likeness (QED) is 0.643. The van der Waals surface area contributed by atoms with Gasteiger partial charge in [-0.05, 0) is 20.3 Å². The first kappa shape index (κ1) is 16.5. The smallest absolute Gasteiger partial charge is 0.193 e. The molecule has 0 radical (unpaired) electrons. The summed E-state index contributed by atoms with van der Waals surface area (Å²) in [7, 11) is 3.90. The second-order valence-electron chi connectivity index (χ2n) is 5.34. The summed E-state index contributed by atoms with van der Waals surface area (Å²) < 4.78 is 5.23. The van der Waals surface area contributed by atoms with E-state index in [-0.39, 0.29) is 0 Å². The fraction of sp³-hybridized carbons (Fsp3) is 0.733. The molecule has 0 fully saturated rings. The van der Waals surface area contributed by atoms with Crippen LogP contribution in [0.5, 0.6) is 0 Å². The van der Waals surface area contributed by atoms with Crippen LogP contribution in [-0.4, -0.2) is 43.2 Å². The van der Waals surface area contributed by atoms with Crippen LogP contribution in [0.3, 0.4) is 0 Å². The van der Waals surface area contributed by atoms with Crippen LogP contribution in [0.15, 0.2) is 9.52 Å². The van der Waals surface area contributed by atoms with E-state index in [2.05, 4.69) is 41.3 Å². The van der Waals surface area contributed by atoms with E-state index in [1.807, 2.05) is 20.9 Å². The van der Waals surface area contributed by atoms with Crippen molar-refractivity contribution >= 4 is 5.96 Å². The normalized spacial score (nSPS) is 13.4. The van der Waals surface area contributed by atoms with Gasteiger partial charge in [0.1, 0.15) is 5.76 Å². The zero-order chi connectivity index (χ0) is 15.1. The summed E-state index contributed by atoms with van der Waals surface area (Å²) in [5, 5.41) is 7.44. The lowest BCUT2D eigenvalue weighted by Gasteiger charge is -2.23. The first-order chi connectivity index (χ1) is 9.51. The molecule has 1 N–H and O–H groups in total. The number of rotatable bonds is 6. The average Bonchev–Trinajstić information content (AvgIpc) is 2.76. The highest BCUT2D eigenvalue weighted by molar-refractivity contribution is 5.79. The molecule has 114 valence electrons. The molecule has 0 aliphatic carbocycles. The molecule has 1 rings (SSSR count). The Hall–Kier alpha value is -1.52. The summed E-state index contributed by atoms with van der Waals surface area (Å²) in [6.07, 6.45) is 2.37. The molecular formula is C15H28N4O. The minimum Gasteiger partial charge on any atom is -0.361 e. The van der Waals surface area contributed by atoms with E-state index in [0.717, 1.165) is 30.5 Å². The van der Waals surface area contributed by atoms with Crippen molar-refractivity contribution in [2.75, 3.05) is 27.2 Å². The Morgan fingerprint density at radius 2 is 2.15 bits per heavy atom. The van der Waals surface area contributed by atoms with E-state index in [1.165, 1.54) is 18.4 Å². The largest absolute Gasteiger partial charge is 0.361 e. The molecular weight excluding hydrogens is 252 g/mol. The van der Waals surface area contributed by atoms with Gasteiger partial charge in [0.05, 0.1) is 5.69 Å². The summed E-state index contributed by atoms with van der Waals surface area (Å²) in [5.41, 5.74) is 2.18. The number of aromatic nitrogens is 1. The van der Waals surface area contributed by atoms with Crippen molar-refractivity contribution in [2.45, 2.75) is 46.5 Å². The van der Waals surface area contributed by atoms with Gasteiger partial charge in [0.25, 0.3) is 0 Å². The van der Waals surface area contributed by atoms with E-state index in [9.17, 15) is 0 Å². The van der Waals surface area contributed by atoms with E-state index in [4.69, 9.17) is 4.52 Å². The molecule has 0 amide bonds. The Morgan fingerprint density at radius 1 is 1.45 bits per heavy atom. The molecule has 5 nitrogen and oxygen atoms in total. The molecule has 0 bridgehead atoms. The van der Waals surface area contributed by atoms with E-state index in [1.54, 1.807) is 0 Å². The van der Waals surface area contributed by atoms with Crippen molar-refractivity contribution in [3.05, 3.63) is 17.0 Å². The highest BCUT2D eigenvalue weighted by Gasteiger charge is 2.17. The Kier molecular flexibility index (Phi) is 6.55.